The number of anilines is 1. The molecule has 7 heteroatoms. The summed E-state index contributed by atoms with van der Waals surface area (Å²) in [6.45, 7) is 1.50. The predicted molar refractivity (Wildman–Crippen MR) is 128 cm³/mol. The summed E-state index contributed by atoms with van der Waals surface area (Å²) in [5, 5.41) is 5.08. The molecule has 6 nitrogen and oxygen atoms in total. The molecule has 1 saturated carbocycles. The topological polar surface area (TPSA) is 79.6 Å². The Balaban J connectivity index is 1.70. The maximum Gasteiger partial charge on any atom is 0.251 e. The molecule has 2 heterocycles. The minimum absolute atomic E-state index is 0.0596. The number of thiophene rings is 1. The average molecular weight is 465 g/mol. The molecule has 0 aliphatic heterocycles. The Kier molecular flexibility index (Phi) is 7.40. The van der Waals surface area contributed by atoms with E-state index in [1.54, 1.807) is 36.4 Å². The lowest BCUT2D eigenvalue weighted by molar-refractivity contribution is -0.127. The van der Waals surface area contributed by atoms with Gasteiger partial charge >= 0.3 is 0 Å². The third-order valence-electron chi connectivity index (χ3n) is 6.00. The largest absolute Gasteiger partial charge is 0.467 e. The van der Waals surface area contributed by atoms with Crippen LogP contribution in [0.3, 0.4) is 0 Å². The minimum atomic E-state index is -0.947. The second-order valence-electron chi connectivity index (χ2n) is 8.38. The number of ketones is 1. The van der Waals surface area contributed by atoms with Gasteiger partial charge in [0.1, 0.15) is 5.76 Å². The van der Waals surface area contributed by atoms with E-state index in [1.165, 1.54) is 35.8 Å². The molecule has 1 atom stereocenters. The minimum Gasteiger partial charge on any atom is -0.467 e. The Morgan fingerprint density at radius 3 is 2.42 bits per heavy atom. The van der Waals surface area contributed by atoms with Crippen molar-refractivity contribution in [2.75, 3.05) is 4.90 Å². The van der Waals surface area contributed by atoms with E-state index >= 15 is 0 Å². The molecule has 2 amide bonds. The number of rotatable bonds is 8. The van der Waals surface area contributed by atoms with Gasteiger partial charge in [0.05, 0.1) is 12.7 Å². The van der Waals surface area contributed by atoms with Crippen molar-refractivity contribution in [1.29, 1.82) is 0 Å². The highest BCUT2D eigenvalue weighted by molar-refractivity contribution is 7.10. The molecule has 4 rings (SSSR count). The van der Waals surface area contributed by atoms with Crippen LogP contribution >= 0.6 is 11.3 Å². The van der Waals surface area contributed by atoms with Crippen LogP contribution in [0.1, 0.15) is 66.1 Å². The number of furan rings is 1. The van der Waals surface area contributed by atoms with Crippen molar-refractivity contribution in [2.45, 2.75) is 57.5 Å². The van der Waals surface area contributed by atoms with Crippen LogP contribution < -0.4 is 10.2 Å². The fraction of sp³-hybridized carbons (Fsp3) is 0.346. The van der Waals surface area contributed by atoms with E-state index < -0.39 is 6.04 Å². The van der Waals surface area contributed by atoms with Crippen molar-refractivity contribution in [1.82, 2.24) is 5.32 Å². The monoisotopic (exact) mass is 464 g/mol. The molecular formula is C26H28N2O4S. The first-order valence-electron chi connectivity index (χ1n) is 11.3. The first-order chi connectivity index (χ1) is 16.0. The Labute approximate surface area is 197 Å². The van der Waals surface area contributed by atoms with Gasteiger partial charge in [0.15, 0.2) is 11.8 Å². The van der Waals surface area contributed by atoms with E-state index in [4.69, 9.17) is 4.42 Å². The Hall–Kier alpha value is -3.19. The highest BCUT2D eigenvalue weighted by Gasteiger charge is 2.36. The molecule has 172 valence electrons. The Morgan fingerprint density at radius 1 is 1.06 bits per heavy atom. The molecule has 1 aliphatic carbocycles. The van der Waals surface area contributed by atoms with E-state index in [0.29, 0.717) is 17.0 Å². The zero-order valence-corrected chi connectivity index (χ0v) is 19.5. The third kappa shape index (κ3) is 5.60. The van der Waals surface area contributed by atoms with Gasteiger partial charge in [-0.2, -0.15) is 0 Å². The number of hydrogen-bond acceptors (Lipinski definition) is 5. The number of carbonyl (C=O) groups is 3. The quantitative estimate of drug-likeness (QED) is 0.458. The standard InChI is InChI=1S/C26H28N2O4S/c1-18(29)19-11-13-21(14-12-19)28(24(30)17-22-9-6-16-33-22)25(23-10-5-15-32-23)26(31)27-20-7-3-2-4-8-20/h5-6,9-16,20,25H,2-4,7-8,17H2,1H3,(H,27,31)/t25-/m0/s1. The molecule has 0 spiro atoms. The Morgan fingerprint density at radius 2 is 1.82 bits per heavy atom. The maximum absolute atomic E-state index is 13.6. The lowest BCUT2D eigenvalue weighted by atomic mass is 9.95. The lowest BCUT2D eigenvalue weighted by Gasteiger charge is -2.32. The van der Waals surface area contributed by atoms with Crippen molar-refractivity contribution >= 4 is 34.6 Å². The molecule has 33 heavy (non-hydrogen) atoms. The summed E-state index contributed by atoms with van der Waals surface area (Å²) in [5.41, 5.74) is 1.09. The van der Waals surface area contributed by atoms with E-state index in [1.807, 2.05) is 17.5 Å². The Bertz CT molecular complexity index is 1070. The zero-order valence-electron chi connectivity index (χ0n) is 18.7. The third-order valence-corrected chi connectivity index (χ3v) is 6.87. The van der Waals surface area contributed by atoms with Crippen molar-refractivity contribution in [3.8, 4) is 0 Å². The number of hydrogen-bond donors (Lipinski definition) is 1. The van der Waals surface area contributed by atoms with Crippen molar-refractivity contribution in [2.24, 2.45) is 0 Å². The number of nitrogens with one attached hydrogen (secondary N) is 1. The van der Waals surface area contributed by atoms with Crippen LogP contribution in [-0.2, 0) is 16.0 Å². The van der Waals surface area contributed by atoms with Crippen LogP contribution in [0.25, 0.3) is 0 Å². The summed E-state index contributed by atoms with van der Waals surface area (Å²) in [7, 11) is 0. The van der Waals surface area contributed by atoms with Gasteiger partial charge in [-0.3, -0.25) is 19.3 Å². The fourth-order valence-electron chi connectivity index (χ4n) is 4.29. The number of amides is 2. The van der Waals surface area contributed by atoms with E-state index in [0.717, 1.165) is 30.6 Å². The van der Waals surface area contributed by atoms with Gasteiger partial charge < -0.3 is 9.73 Å². The van der Waals surface area contributed by atoms with Crippen LogP contribution in [-0.4, -0.2) is 23.6 Å². The summed E-state index contributed by atoms with van der Waals surface area (Å²) in [6, 6.07) is 13.2. The second kappa shape index (κ2) is 10.6. The highest BCUT2D eigenvalue weighted by atomic mass is 32.1. The van der Waals surface area contributed by atoms with E-state index in [-0.39, 0.29) is 30.1 Å². The zero-order chi connectivity index (χ0) is 23.2. The molecule has 1 aromatic carbocycles. The van der Waals surface area contributed by atoms with Crippen LogP contribution in [0.5, 0.6) is 0 Å². The van der Waals surface area contributed by atoms with Crippen LogP contribution in [0.2, 0.25) is 0 Å². The molecule has 0 saturated heterocycles. The first kappa shape index (κ1) is 23.0. The summed E-state index contributed by atoms with van der Waals surface area (Å²) >= 11 is 1.50. The molecule has 1 fully saturated rings. The van der Waals surface area contributed by atoms with Gasteiger partial charge in [-0.05, 0) is 67.6 Å². The smallest absolute Gasteiger partial charge is 0.251 e. The van der Waals surface area contributed by atoms with Gasteiger partial charge in [-0.1, -0.05) is 25.3 Å². The molecule has 0 radical (unpaired) electrons. The molecule has 3 aromatic rings. The van der Waals surface area contributed by atoms with Gasteiger partial charge in [-0.25, -0.2) is 0 Å². The number of Topliss-reactive ketones (excluding diaryl/α,β-unsaturated/α-hetero) is 1. The van der Waals surface area contributed by atoms with Crippen molar-refractivity contribution < 1.29 is 18.8 Å². The SMILES string of the molecule is CC(=O)c1ccc(N(C(=O)Cc2cccs2)[C@H](C(=O)NC2CCCCC2)c2ccco2)cc1. The van der Waals surface area contributed by atoms with Gasteiger partial charge in [0.2, 0.25) is 5.91 Å². The molecule has 0 bridgehead atoms. The summed E-state index contributed by atoms with van der Waals surface area (Å²) < 4.78 is 5.65. The summed E-state index contributed by atoms with van der Waals surface area (Å²) in [4.78, 5) is 41.4. The van der Waals surface area contributed by atoms with Gasteiger partial charge in [-0.15, -0.1) is 11.3 Å². The summed E-state index contributed by atoms with van der Waals surface area (Å²) in [5.74, 6) is -0.130. The van der Waals surface area contributed by atoms with Crippen LogP contribution in [0.15, 0.2) is 64.6 Å². The number of nitrogens with zero attached hydrogens (tertiary/aromatic N) is 1. The normalized spacial score (nSPS) is 15.1. The number of benzene rings is 1. The average Bonchev–Trinajstić information content (AvgIpc) is 3.52. The van der Waals surface area contributed by atoms with Gasteiger partial charge in [0, 0.05) is 22.2 Å². The molecule has 1 N–H and O–H groups in total. The molecule has 1 aliphatic rings. The fourth-order valence-corrected chi connectivity index (χ4v) is 4.98. The van der Waals surface area contributed by atoms with Gasteiger partial charge in [0.25, 0.3) is 5.91 Å². The lowest BCUT2D eigenvalue weighted by Crippen LogP contribution is -2.47. The van der Waals surface area contributed by atoms with Crippen LogP contribution in [0, 0.1) is 0 Å². The van der Waals surface area contributed by atoms with E-state index in [9.17, 15) is 14.4 Å². The molecule has 0 unspecified atom stereocenters. The first-order valence-corrected chi connectivity index (χ1v) is 12.2. The summed E-state index contributed by atoms with van der Waals surface area (Å²) in [6.07, 6.45) is 6.91. The van der Waals surface area contributed by atoms with Crippen molar-refractivity contribution in [3.05, 3.63) is 76.4 Å². The van der Waals surface area contributed by atoms with E-state index in [2.05, 4.69) is 5.32 Å². The second-order valence-corrected chi connectivity index (χ2v) is 9.42. The molecular weight excluding hydrogens is 436 g/mol. The highest BCUT2D eigenvalue weighted by Crippen LogP contribution is 2.31. The number of carbonyl (C=O) groups excluding carboxylic acids is 3. The maximum atomic E-state index is 13.6. The predicted octanol–water partition coefficient (Wildman–Crippen LogP) is 5.31. The van der Waals surface area contributed by atoms with Crippen LogP contribution in [0.4, 0.5) is 5.69 Å². The molecule has 2 aromatic heterocycles. The van der Waals surface area contributed by atoms with Crippen molar-refractivity contribution in [3.63, 3.8) is 0 Å².